The second-order valence-corrected chi connectivity index (χ2v) is 6.01. The molecule has 4 heteroatoms. The van der Waals surface area contributed by atoms with Crippen molar-refractivity contribution >= 4 is 17.1 Å². The van der Waals surface area contributed by atoms with Crippen LogP contribution in [0.1, 0.15) is 35.0 Å². The molecule has 0 bridgehead atoms. The molecule has 0 saturated carbocycles. The minimum atomic E-state index is -0.306. The number of ketones is 1. The van der Waals surface area contributed by atoms with Crippen molar-refractivity contribution in [1.29, 1.82) is 0 Å². The van der Waals surface area contributed by atoms with Crippen LogP contribution in [-0.2, 0) is 6.54 Å². The Morgan fingerprint density at radius 1 is 1.24 bits per heavy atom. The standard InChI is InChI=1S/C17H20FNOS/c1-2-19(13-16-5-4-12-21-16)11-3-6-17(20)14-7-9-15(18)10-8-14/h4-5,7-10,12H,2-3,6,11,13H2,1H3. The predicted molar refractivity (Wildman–Crippen MR) is 85.2 cm³/mol. The summed E-state index contributed by atoms with van der Waals surface area (Å²) in [7, 11) is 0. The Morgan fingerprint density at radius 3 is 2.62 bits per heavy atom. The van der Waals surface area contributed by atoms with E-state index in [0.29, 0.717) is 12.0 Å². The Hall–Kier alpha value is -1.52. The zero-order valence-corrected chi connectivity index (χ0v) is 13.0. The van der Waals surface area contributed by atoms with Gasteiger partial charge in [0.2, 0.25) is 0 Å². The molecule has 0 aliphatic heterocycles. The van der Waals surface area contributed by atoms with E-state index in [1.165, 1.54) is 17.0 Å². The number of carbonyl (C=O) groups is 1. The predicted octanol–water partition coefficient (Wildman–Crippen LogP) is 4.37. The van der Waals surface area contributed by atoms with E-state index in [-0.39, 0.29) is 11.6 Å². The first-order chi connectivity index (χ1) is 10.2. The number of carbonyl (C=O) groups excluding carboxylic acids is 1. The molecule has 2 rings (SSSR count). The average molecular weight is 305 g/mol. The Balaban J connectivity index is 1.77. The van der Waals surface area contributed by atoms with Gasteiger partial charge in [-0.1, -0.05) is 13.0 Å². The second-order valence-electron chi connectivity index (χ2n) is 4.98. The molecule has 1 heterocycles. The summed E-state index contributed by atoms with van der Waals surface area (Å²) in [6, 6.07) is 9.98. The quantitative estimate of drug-likeness (QED) is 0.675. The van der Waals surface area contributed by atoms with Gasteiger partial charge in [0.1, 0.15) is 5.82 Å². The van der Waals surface area contributed by atoms with E-state index in [0.717, 1.165) is 26.1 Å². The third-order valence-electron chi connectivity index (χ3n) is 3.45. The minimum absolute atomic E-state index is 0.0853. The topological polar surface area (TPSA) is 20.3 Å². The van der Waals surface area contributed by atoms with Gasteiger partial charge >= 0.3 is 0 Å². The maximum Gasteiger partial charge on any atom is 0.162 e. The molecule has 2 aromatic rings. The summed E-state index contributed by atoms with van der Waals surface area (Å²) in [5, 5.41) is 2.08. The number of nitrogens with zero attached hydrogens (tertiary/aromatic N) is 1. The van der Waals surface area contributed by atoms with Crippen LogP contribution < -0.4 is 0 Å². The SMILES string of the molecule is CCN(CCCC(=O)c1ccc(F)cc1)Cc1cccs1. The van der Waals surface area contributed by atoms with Crippen LogP contribution in [0.3, 0.4) is 0 Å². The fourth-order valence-electron chi connectivity index (χ4n) is 2.22. The van der Waals surface area contributed by atoms with Crippen molar-refractivity contribution in [3.63, 3.8) is 0 Å². The molecule has 0 unspecified atom stereocenters. The second kappa shape index (κ2) is 8.05. The van der Waals surface area contributed by atoms with Gasteiger partial charge in [0, 0.05) is 23.4 Å². The van der Waals surface area contributed by atoms with Gasteiger partial charge in [0.05, 0.1) is 0 Å². The van der Waals surface area contributed by atoms with Crippen LogP contribution in [-0.4, -0.2) is 23.8 Å². The molecular weight excluding hydrogens is 285 g/mol. The number of rotatable bonds is 8. The number of thiophene rings is 1. The first kappa shape index (κ1) is 15.9. The van der Waals surface area contributed by atoms with Gasteiger partial charge in [-0.15, -0.1) is 11.3 Å². The van der Waals surface area contributed by atoms with Crippen molar-refractivity contribution in [2.24, 2.45) is 0 Å². The fraction of sp³-hybridized carbons (Fsp3) is 0.353. The van der Waals surface area contributed by atoms with Gasteiger partial charge in [-0.05, 0) is 55.2 Å². The molecule has 0 fully saturated rings. The zero-order chi connectivity index (χ0) is 15.1. The van der Waals surface area contributed by atoms with Crippen molar-refractivity contribution in [3.8, 4) is 0 Å². The maximum absolute atomic E-state index is 12.8. The Bertz CT molecular complexity index is 551. The number of benzene rings is 1. The highest BCUT2D eigenvalue weighted by Crippen LogP contribution is 2.13. The van der Waals surface area contributed by atoms with Crippen LogP contribution >= 0.6 is 11.3 Å². The lowest BCUT2D eigenvalue weighted by Gasteiger charge is -2.19. The van der Waals surface area contributed by atoms with Crippen molar-refractivity contribution in [2.45, 2.75) is 26.3 Å². The Kier molecular flexibility index (Phi) is 6.08. The van der Waals surface area contributed by atoms with Crippen molar-refractivity contribution in [3.05, 3.63) is 58.0 Å². The first-order valence-electron chi connectivity index (χ1n) is 7.22. The Morgan fingerprint density at radius 2 is 2.00 bits per heavy atom. The van der Waals surface area contributed by atoms with Gasteiger partial charge in [0.15, 0.2) is 5.78 Å². The minimum Gasteiger partial charge on any atom is -0.299 e. The molecular formula is C17H20FNOS. The van der Waals surface area contributed by atoms with E-state index in [1.54, 1.807) is 23.5 Å². The largest absolute Gasteiger partial charge is 0.299 e. The van der Waals surface area contributed by atoms with Gasteiger partial charge in [-0.25, -0.2) is 4.39 Å². The lowest BCUT2D eigenvalue weighted by atomic mass is 10.1. The molecule has 0 aliphatic rings. The van der Waals surface area contributed by atoms with Crippen molar-refractivity contribution in [1.82, 2.24) is 4.90 Å². The highest BCUT2D eigenvalue weighted by Gasteiger charge is 2.08. The van der Waals surface area contributed by atoms with Gasteiger partial charge in [0.25, 0.3) is 0 Å². The molecule has 2 nitrogen and oxygen atoms in total. The summed E-state index contributed by atoms with van der Waals surface area (Å²) >= 11 is 1.76. The lowest BCUT2D eigenvalue weighted by molar-refractivity contribution is 0.0974. The summed E-state index contributed by atoms with van der Waals surface area (Å²) < 4.78 is 12.8. The summed E-state index contributed by atoms with van der Waals surface area (Å²) in [5.41, 5.74) is 0.595. The third kappa shape index (κ3) is 5.06. The summed E-state index contributed by atoms with van der Waals surface area (Å²) in [5.74, 6) is -0.221. The van der Waals surface area contributed by atoms with Crippen LogP contribution in [0.5, 0.6) is 0 Å². The highest BCUT2D eigenvalue weighted by atomic mass is 32.1. The highest BCUT2D eigenvalue weighted by molar-refractivity contribution is 7.09. The van der Waals surface area contributed by atoms with E-state index in [4.69, 9.17) is 0 Å². The molecule has 0 spiro atoms. The number of halogens is 1. The van der Waals surface area contributed by atoms with E-state index < -0.39 is 0 Å². The first-order valence-corrected chi connectivity index (χ1v) is 8.10. The van der Waals surface area contributed by atoms with E-state index in [2.05, 4.69) is 29.3 Å². The van der Waals surface area contributed by atoms with Crippen molar-refractivity contribution in [2.75, 3.05) is 13.1 Å². The number of hydrogen-bond acceptors (Lipinski definition) is 3. The molecule has 0 amide bonds. The molecule has 0 saturated heterocycles. The van der Waals surface area contributed by atoms with Gasteiger partial charge < -0.3 is 0 Å². The Labute approximate surface area is 129 Å². The molecule has 0 N–H and O–H groups in total. The molecule has 0 radical (unpaired) electrons. The summed E-state index contributed by atoms with van der Waals surface area (Å²) in [6.07, 6.45) is 1.34. The monoisotopic (exact) mass is 305 g/mol. The van der Waals surface area contributed by atoms with E-state index >= 15 is 0 Å². The molecule has 0 aliphatic carbocycles. The third-order valence-corrected chi connectivity index (χ3v) is 4.31. The average Bonchev–Trinajstić information content (AvgIpc) is 2.99. The van der Waals surface area contributed by atoms with Gasteiger partial charge in [-0.3, -0.25) is 9.69 Å². The smallest absolute Gasteiger partial charge is 0.162 e. The number of Topliss-reactive ketones (excluding diaryl/α,β-unsaturated/α-hetero) is 1. The van der Waals surface area contributed by atoms with E-state index in [9.17, 15) is 9.18 Å². The van der Waals surface area contributed by atoms with Crippen LogP contribution in [0.2, 0.25) is 0 Å². The molecule has 1 aromatic heterocycles. The van der Waals surface area contributed by atoms with Crippen LogP contribution in [0, 0.1) is 5.82 Å². The lowest BCUT2D eigenvalue weighted by Crippen LogP contribution is -2.24. The summed E-state index contributed by atoms with van der Waals surface area (Å²) in [4.78, 5) is 15.7. The van der Waals surface area contributed by atoms with Gasteiger partial charge in [-0.2, -0.15) is 0 Å². The normalized spacial score (nSPS) is 11.0. The maximum atomic E-state index is 12.8. The van der Waals surface area contributed by atoms with Crippen LogP contribution in [0.15, 0.2) is 41.8 Å². The zero-order valence-electron chi connectivity index (χ0n) is 12.2. The van der Waals surface area contributed by atoms with Crippen molar-refractivity contribution < 1.29 is 9.18 Å². The molecule has 21 heavy (non-hydrogen) atoms. The summed E-state index contributed by atoms with van der Waals surface area (Å²) in [6.45, 7) is 4.96. The van der Waals surface area contributed by atoms with Crippen LogP contribution in [0.25, 0.3) is 0 Å². The molecule has 0 atom stereocenters. The molecule has 1 aromatic carbocycles. The fourth-order valence-corrected chi connectivity index (χ4v) is 2.96. The van der Waals surface area contributed by atoms with Crippen LogP contribution in [0.4, 0.5) is 4.39 Å². The molecule has 112 valence electrons. The van der Waals surface area contributed by atoms with E-state index in [1.807, 2.05) is 0 Å². The number of hydrogen-bond donors (Lipinski definition) is 0.